The van der Waals surface area contributed by atoms with Crippen LogP contribution < -0.4 is 4.72 Å². The number of hydrogen-bond acceptors (Lipinski definition) is 7. The molecular formula is C18H14FN5O4S2. The lowest BCUT2D eigenvalue weighted by Gasteiger charge is -2.06. The SMILES string of the molecule is O=[N+]([O-])c1ccccc1S(=O)(=O)NCCc1csc2nc(-c3ccccc3F)nn12. The molecular weight excluding hydrogens is 433 g/mol. The van der Waals surface area contributed by atoms with Crippen LogP contribution >= 0.6 is 11.3 Å². The fraction of sp³-hybridized carbons (Fsp3) is 0.111. The maximum Gasteiger partial charge on any atom is 0.289 e. The summed E-state index contributed by atoms with van der Waals surface area (Å²) in [6.45, 7) is -0.00485. The molecule has 0 aliphatic rings. The molecule has 0 spiro atoms. The number of benzene rings is 2. The van der Waals surface area contributed by atoms with Crippen molar-refractivity contribution >= 4 is 32.0 Å². The Balaban J connectivity index is 1.52. The third-order valence-corrected chi connectivity index (χ3v) is 6.66. The highest BCUT2D eigenvalue weighted by atomic mass is 32.2. The van der Waals surface area contributed by atoms with Crippen molar-refractivity contribution in [2.45, 2.75) is 11.3 Å². The average molecular weight is 447 g/mol. The van der Waals surface area contributed by atoms with Gasteiger partial charge in [-0.2, -0.15) is 4.98 Å². The molecule has 154 valence electrons. The van der Waals surface area contributed by atoms with E-state index in [1.54, 1.807) is 23.6 Å². The van der Waals surface area contributed by atoms with Crippen LogP contribution in [-0.2, 0) is 16.4 Å². The normalized spacial score (nSPS) is 11.8. The zero-order valence-corrected chi connectivity index (χ0v) is 16.9. The van der Waals surface area contributed by atoms with E-state index in [9.17, 15) is 22.9 Å². The molecule has 2 heterocycles. The first kappa shape index (κ1) is 20.1. The van der Waals surface area contributed by atoms with Gasteiger partial charge in [-0.1, -0.05) is 24.3 Å². The van der Waals surface area contributed by atoms with Crippen molar-refractivity contribution in [1.29, 1.82) is 0 Å². The van der Waals surface area contributed by atoms with E-state index in [-0.39, 0.29) is 24.4 Å². The molecule has 2 aromatic heterocycles. The number of nitrogens with one attached hydrogen (secondary N) is 1. The maximum absolute atomic E-state index is 14.0. The Kier molecular flexibility index (Phi) is 5.28. The van der Waals surface area contributed by atoms with E-state index < -0.39 is 31.3 Å². The van der Waals surface area contributed by atoms with Crippen molar-refractivity contribution in [3.8, 4) is 11.4 Å². The van der Waals surface area contributed by atoms with E-state index in [0.717, 1.165) is 6.07 Å². The molecule has 12 heteroatoms. The van der Waals surface area contributed by atoms with Crippen molar-refractivity contribution in [3.63, 3.8) is 0 Å². The quantitative estimate of drug-likeness (QED) is 0.344. The minimum Gasteiger partial charge on any atom is -0.258 e. The molecule has 0 saturated carbocycles. The van der Waals surface area contributed by atoms with Crippen LogP contribution in [0.3, 0.4) is 0 Å². The summed E-state index contributed by atoms with van der Waals surface area (Å²) in [5.41, 5.74) is 0.459. The summed E-state index contributed by atoms with van der Waals surface area (Å²) in [4.78, 5) is 14.8. The summed E-state index contributed by atoms with van der Waals surface area (Å²) in [6, 6.07) is 11.3. The number of halogens is 1. The molecule has 0 bridgehead atoms. The molecule has 0 aliphatic carbocycles. The van der Waals surface area contributed by atoms with Gasteiger partial charge in [-0.15, -0.1) is 16.4 Å². The Hall–Kier alpha value is -3.22. The van der Waals surface area contributed by atoms with Crippen LogP contribution in [0.2, 0.25) is 0 Å². The monoisotopic (exact) mass is 447 g/mol. The van der Waals surface area contributed by atoms with Gasteiger partial charge in [-0.3, -0.25) is 10.1 Å². The van der Waals surface area contributed by atoms with Crippen LogP contribution in [0.25, 0.3) is 16.3 Å². The van der Waals surface area contributed by atoms with Crippen molar-refractivity contribution in [2.75, 3.05) is 6.54 Å². The molecule has 0 unspecified atom stereocenters. The van der Waals surface area contributed by atoms with Gasteiger partial charge in [0.05, 0.1) is 16.2 Å². The van der Waals surface area contributed by atoms with Crippen LogP contribution in [0.4, 0.5) is 10.1 Å². The number of fused-ring (bicyclic) bond motifs is 1. The van der Waals surface area contributed by atoms with Gasteiger partial charge in [0.2, 0.25) is 15.0 Å². The number of hydrogen-bond donors (Lipinski definition) is 1. The lowest BCUT2D eigenvalue weighted by Crippen LogP contribution is -2.27. The zero-order chi connectivity index (χ0) is 21.3. The van der Waals surface area contributed by atoms with Gasteiger partial charge in [-0.05, 0) is 18.2 Å². The van der Waals surface area contributed by atoms with E-state index in [1.807, 2.05) is 0 Å². The van der Waals surface area contributed by atoms with E-state index >= 15 is 0 Å². The second-order valence-electron chi connectivity index (χ2n) is 6.21. The summed E-state index contributed by atoms with van der Waals surface area (Å²) in [5, 5.41) is 17.2. The lowest BCUT2D eigenvalue weighted by molar-refractivity contribution is -0.387. The zero-order valence-electron chi connectivity index (χ0n) is 15.2. The number of thiazole rings is 1. The Morgan fingerprint density at radius 3 is 2.67 bits per heavy atom. The molecule has 0 fully saturated rings. The number of aromatic nitrogens is 3. The molecule has 1 N–H and O–H groups in total. The van der Waals surface area contributed by atoms with Gasteiger partial charge < -0.3 is 0 Å². The van der Waals surface area contributed by atoms with Gasteiger partial charge in [0, 0.05) is 24.4 Å². The minimum atomic E-state index is -4.07. The van der Waals surface area contributed by atoms with Gasteiger partial charge in [-0.25, -0.2) is 22.0 Å². The van der Waals surface area contributed by atoms with E-state index in [2.05, 4.69) is 14.8 Å². The maximum atomic E-state index is 14.0. The molecule has 0 saturated heterocycles. The van der Waals surface area contributed by atoms with Crippen LogP contribution in [0.5, 0.6) is 0 Å². The first-order chi connectivity index (χ1) is 14.4. The second kappa shape index (κ2) is 7.89. The molecule has 9 nitrogen and oxygen atoms in total. The molecule has 4 aromatic rings. The molecule has 0 radical (unpaired) electrons. The highest BCUT2D eigenvalue weighted by molar-refractivity contribution is 7.89. The summed E-state index contributed by atoms with van der Waals surface area (Å²) >= 11 is 1.30. The fourth-order valence-corrected chi connectivity index (χ4v) is 4.94. The van der Waals surface area contributed by atoms with Crippen molar-refractivity contribution in [3.05, 3.63) is 75.5 Å². The number of rotatable bonds is 7. The number of para-hydroxylation sites is 1. The van der Waals surface area contributed by atoms with Crippen molar-refractivity contribution < 1.29 is 17.7 Å². The molecule has 2 aromatic carbocycles. The number of sulfonamides is 1. The summed E-state index contributed by atoms with van der Waals surface area (Å²) in [7, 11) is -4.07. The average Bonchev–Trinajstić information content (AvgIpc) is 3.30. The van der Waals surface area contributed by atoms with Gasteiger partial charge >= 0.3 is 0 Å². The molecule has 0 atom stereocenters. The summed E-state index contributed by atoms with van der Waals surface area (Å²) in [6.07, 6.45) is 0.264. The third kappa shape index (κ3) is 3.79. The van der Waals surface area contributed by atoms with Crippen LogP contribution in [0.15, 0.2) is 58.8 Å². The molecule has 0 aliphatic heterocycles. The van der Waals surface area contributed by atoms with Crippen molar-refractivity contribution in [1.82, 2.24) is 19.3 Å². The van der Waals surface area contributed by atoms with Crippen LogP contribution in [-0.4, -0.2) is 34.5 Å². The molecule has 30 heavy (non-hydrogen) atoms. The lowest BCUT2D eigenvalue weighted by atomic mass is 10.2. The number of nitro groups is 1. The molecule has 4 rings (SSSR count). The predicted octanol–water partition coefficient (Wildman–Crippen LogP) is 3.03. The summed E-state index contributed by atoms with van der Waals surface area (Å²) in [5.74, 6) is -0.198. The third-order valence-electron chi connectivity index (χ3n) is 4.29. The van der Waals surface area contributed by atoms with Crippen LogP contribution in [0.1, 0.15) is 5.69 Å². The van der Waals surface area contributed by atoms with Gasteiger partial charge in [0.25, 0.3) is 5.69 Å². The van der Waals surface area contributed by atoms with E-state index in [1.165, 1.54) is 40.1 Å². The number of nitrogens with zero attached hydrogens (tertiary/aromatic N) is 4. The fourth-order valence-electron chi connectivity index (χ4n) is 2.88. The standard InChI is InChI=1S/C18H14FN5O4S2/c19-14-6-2-1-5-13(14)17-21-18-23(22-17)12(11-29-18)9-10-20-30(27,28)16-8-4-3-7-15(16)24(25)26/h1-8,11,20H,9-10H2. The topological polar surface area (TPSA) is 120 Å². The highest BCUT2D eigenvalue weighted by Crippen LogP contribution is 2.24. The van der Waals surface area contributed by atoms with E-state index in [4.69, 9.17) is 0 Å². The Morgan fingerprint density at radius 1 is 1.17 bits per heavy atom. The minimum absolute atomic E-state index is 0.00485. The second-order valence-corrected chi connectivity index (χ2v) is 8.78. The number of nitro benzene ring substituents is 1. The smallest absolute Gasteiger partial charge is 0.258 e. The van der Waals surface area contributed by atoms with E-state index in [0.29, 0.717) is 10.7 Å². The largest absolute Gasteiger partial charge is 0.289 e. The highest BCUT2D eigenvalue weighted by Gasteiger charge is 2.24. The van der Waals surface area contributed by atoms with Crippen molar-refractivity contribution in [2.24, 2.45) is 0 Å². The Morgan fingerprint density at radius 2 is 1.90 bits per heavy atom. The molecule has 0 amide bonds. The first-order valence-corrected chi connectivity index (χ1v) is 11.0. The Labute approximate surface area is 174 Å². The predicted molar refractivity (Wildman–Crippen MR) is 108 cm³/mol. The van der Waals surface area contributed by atoms with Gasteiger partial charge in [0.1, 0.15) is 5.82 Å². The van der Waals surface area contributed by atoms with Crippen LogP contribution in [0, 0.1) is 15.9 Å². The first-order valence-electron chi connectivity index (χ1n) is 8.68. The summed E-state index contributed by atoms with van der Waals surface area (Å²) < 4.78 is 42.9. The van der Waals surface area contributed by atoms with Gasteiger partial charge in [0.15, 0.2) is 10.7 Å². The Bertz CT molecular complexity index is 1350.